The van der Waals surface area contributed by atoms with Gasteiger partial charge in [0.25, 0.3) is 0 Å². The minimum Gasteiger partial charge on any atom is -0.378 e. The van der Waals surface area contributed by atoms with Gasteiger partial charge in [-0.25, -0.2) is 0 Å². The largest absolute Gasteiger partial charge is 0.378 e. The van der Waals surface area contributed by atoms with E-state index in [1.54, 1.807) is 13.3 Å². The molecular formula is C9H15NO. The molecule has 0 aliphatic heterocycles. The van der Waals surface area contributed by atoms with Crippen LogP contribution in [0.3, 0.4) is 0 Å². The third kappa shape index (κ3) is 4.51. The van der Waals surface area contributed by atoms with Crippen LogP contribution in [-0.4, -0.2) is 12.1 Å². The maximum Gasteiger partial charge on any atom is 0.0884 e. The molecule has 2 heteroatoms. The van der Waals surface area contributed by atoms with E-state index in [1.165, 1.54) is 0 Å². The molecule has 0 aromatic carbocycles. The van der Waals surface area contributed by atoms with Gasteiger partial charge in [0, 0.05) is 13.3 Å². The summed E-state index contributed by atoms with van der Waals surface area (Å²) in [6, 6.07) is 5.77. The molecule has 0 saturated heterocycles. The van der Waals surface area contributed by atoms with Gasteiger partial charge in [-0.15, -0.1) is 0 Å². The summed E-state index contributed by atoms with van der Waals surface area (Å²) in [5, 5.41) is 0. The summed E-state index contributed by atoms with van der Waals surface area (Å²) < 4.78 is 4.87. The van der Waals surface area contributed by atoms with Crippen LogP contribution in [0.25, 0.3) is 0 Å². The number of ether oxygens (including phenoxy) is 1. The van der Waals surface area contributed by atoms with Crippen molar-refractivity contribution >= 4 is 0 Å². The highest BCUT2D eigenvalue weighted by atomic mass is 16.5. The fraction of sp³-hybridized carbons (Fsp3) is 0.444. The van der Waals surface area contributed by atoms with Gasteiger partial charge in [-0.05, 0) is 12.1 Å². The molecule has 2 nitrogen and oxygen atoms in total. The van der Waals surface area contributed by atoms with E-state index in [-0.39, 0.29) is 0 Å². The average Bonchev–Trinajstić information content (AvgIpc) is 2.11. The Kier molecular flexibility index (Phi) is 6.64. The molecule has 0 unspecified atom stereocenters. The van der Waals surface area contributed by atoms with Crippen LogP contribution in [0.2, 0.25) is 0 Å². The first-order chi connectivity index (χ1) is 5.43. The highest BCUT2D eigenvalue weighted by Gasteiger charge is 1.86. The Balaban J connectivity index is 0.000000461. The van der Waals surface area contributed by atoms with Gasteiger partial charge in [0.15, 0.2) is 0 Å². The number of aromatic nitrogens is 1. The number of hydrogen-bond acceptors (Lipinski definition) is 2. The third-order valence-electron chi connectivity index (χ3n) is 1.02. The molecule has 0 bridgehead atoms. The first kappa shape index (κ1) is 10.1. The van der Waals surface area contributed by atoms with Crippen LogP contribution in [0.5, 0.6) is 0 Å². The number of nitrogens with zero attached hydrogens (tertiary/aromatic N) is 1. The van der Waals surface area contributed by atoms with Crippen LogP contribution < -0.4 is 0 Å². The van der Waals surface area contributed by atoms with Crippen molar-refractivity contribution in [3.05, 3.63) is 30.1 Å². The Labute approximate surface area is 68.2 Å². The number of rotatable bonds is 2. The molecule has 1 rings (SSSR count). The fourth-order valence-corrected chi connectivity index (χ4v) is 0.631. The Morgan fingerprint density at radius 1 is 1.36 bits per heavy atom. The topological polar surface area (TPSA) is 22.1 Å². The predicted molar refractivity (Wildman–Crippen MR) is 46.3 cm³/mol. The van der Waals surface area contributed by atoms with Crippen molar-refractivity contribution in [2.24, 2.45) is 0 Å². The third-order valence-corrected chi connectivity index (χ3v) is 1.02. The zero-order valence-electron chi connectivity index (χ0n) is 7.37. The first-order valence-electron chi connectivity index (χ1n) is 3.82. The molecule has 11 heavy (non-hydrogen) atoms. The zero-order valence-corrected chi connectivity index (χ0v) is 7.37. The van der Waals surface area contributed by atoms with E-state index >= 15 is 0 Å². The maximum atomic E-state index is 4.87. The summed E-state index contributed by atoms with van der Waals surface area (Å²) in [5.74, 6) is 0. The van der Waals surface area contributed by atoms with Gasteiger partial charge in [-0.1, -0.05) is 19.9 Å². The molecular weight excluding hydrogens is 138 g/mol. The van der Waals surface area contributed by atoms with Crippen molar-refractivity contribution in [2.75, 3.05) is 7.11 Å². The minimum absolute atomic E-state index is 0.598. The lowest BCUT2D eigenvalue weighted by molar-refractivity contribution is 0.181. The van der Waals surface area contributed by atoms with E-state index in [0.717, 1.165) is 5.69 Å². The Morgan fingerprint density at radius 3 is 2.55 bits per heavy atom. The molecule has 0 fully saturated rings. The van der Waals surface area contributed by atoms with Crippen LogP contribution in [0.1, 0.15) is 19.5 Å². The average molecular weight is 153 g/mol. The van der Waals surface area contributed by atoms with Gasteiger partial charge < -0.3 is 4.74 Å². The lowest BCUT2D eigenvalue weighted by atomic mass is 10.4. The monoisotopic (exact) mass is 153 g/mol. The highest BCUT2D eigenvalue weighted by Crippen LogP contribution is 1.93. The highest BCUT2D eigenvalue weighted by molar-refractivity contribution is 5.01. The summed E-state index contributed by atoms with van der Waals surface area (Å²) >= 11 is 0. The van der Waals surface area contributed by atoms with Crippen molar-refractivity contribution in [3.8, 4) is 0 Å². The quantitative estimate of drug-likeness (QED) is 0.650. The molecule has 0 aliphatic rings. The molecule has 0 atom stereocenters. The van der Waals surface area contributed by atoms with Crippen LogP contribution in [-0.2, 0) is 11.3 Å². The van der Waals surface area contributed by atoms with Crippen LogP contribution in [0.15, 0.2) is 24.4 Å². The van der Waals surface area contributed by atoms with Crippen molar-refractivity contribution in [1.29, 1.82) is 0 Å². The second-order valence-electron chi connectivity index (χ2n) is 1.75. The molecule has 0 saturated carbocycles. The predicted octanol–water partition coefficient (Wildman–Crippen LogP) is 2.25. The fourth-order valence-electron chi connectivity index (χ4n) is 0.631. The lowest BCUT2D eigenvalue weighted by Gasteiger charge is -1.94. The Hall–Kier alpha value is -0.890. The second-order valence-corrected chi connectivity index (χ2v) is 1.75. The van der Waals surface area contributed by atoms with Crippen LogP contribution >= 0.6 is 0 Å². The molecule has 0 radical (unpaired) electrons. The maximum absolute atomic E-state index is 4.87. The summed E-state index contributed by atoms with van der Waals surface area (Å²) in [5.41, 5.74) is 0.972. The normalized spacial score (nSPS) is 8.27. The van der Waals surface area contributed by atoms with E-state index in [0.29, 0.717) is 6.61 Å². The van der Waals surface area contributed by atoms with Gasteiger partial charge >= 0.3 is 0 Å². The molecule has 0 N–H and O–H groups in total. The number of hydrogen-bond donors (Lipinski definition) is 0. The lowest BCUT2D eigenvalue weighted by Crippen LogP contribution is -1.88. The SMILES string of the molecule is CC.COCc1ccccn1. The standard InChI is InChI=1S/C7H9NO.C2H6/c1-9-6-7-4-2-3-5-8-7;1-2/h2-5H,6H2,1H3;1-2H3. The second kappa shape index (κ2) is 7.22. The van der Waals surface area contributed by atoms with Gasteiger partial charge in [-0.2, -0.15) is 0 Å². The van der Waals surface area contributed by atoms with Crippen molar-refractivity contribution < 1.29 is 4.74 Å². The van der Waals surface area contributed by atoms with Crippen molar-refractivity contribution in [3.63, 3.8) is 0 Å². The molecule has 1 heterocycles. The minimum atomic E-state index is 0.598. The van der Waals surface area contributed by atoms with Gasteiger partial charge in [0.05, 0.1) is 12.3 Å². The van der Waals surface area contributed by atoms with E-state index < -0.39 is 0 Å². The first-order valence-corrected chi connectivity index (χ1v) is 3.82. The molecule has 0 aliphatic carbocycles. The smallest absolute Gasteiger partial charge is 0.0884 e. The van der Waals surface area contributed by atoms with E-state index in [4.69, 9.17) is 4.74 Å². The number of pyridine rings is 1. The van der Waals surface area contributed by atoms with Crippen molar-refractivity contribution in [2.45, 2.75) is 20.5 Å². The van der Waals surface area contributed by atoms with E-state index in [1.807, 2.05) is 32.0 Å². The Morgan fingerprint density at radius 2 is 2.09 bits per heavy atom. The molecule has 1 aromatic rings. The van der Waals surface area contributed by atoms with Gasteiger partial charge in [0.1, 0.15) is 0 Å². The van der Waals surface area contributed by atoms with Crippen molar-refractivity contribution in [1.82, 2.24) is 4.98 Å². The zero-order chi connectivity index (χ0) is 8.53. The number of methoxy groups -OCH3 is 1. The van der Waals surface area contributed by atoms with E-state index in [2.05, 4.69) is 4.98 Å². The van der Waals surface area contributed by atoms with E-state index in [9.17, 15) is 0 Å². The molecule has 0 spiro atoms. The molecule has 62 valence electrons. The Bertz CT molecular complexity index is 162. The van der Waals surface area contributed by atoms with Gasteiger partial charge in [-0.3, -0.25) is 4.98 Å². The molecule has 0 amide bonds. The van der Waals surface area contributed by atoms with Gasteiger partial charge in [0.2, 0.25) is 0 Å². The van der Waals surface area contributed by atoms with Crippen LogP contribution in [0, 0.1) is 0 Å². The van der Waals surface area contributed by atoms with Crippen LogP contribution in [0.4, 0.5) is 0 Å². The molecule has 1 aromatic heterocycles. The summed E-state index contributed by atoms with van der Waals surface area (Å²) in [7, 11) is 1.66. The summed E-state index contributed by atoms with van der Waals surface area (Å²) in [6.45, 7) is 4.60. The summed E-state index contributed by atoms with van der Waals surface area (Å²) in [4.78, 5) is 4.04. The summed E-state index contributed by atoms with van der Waals surface area (Å²) in [6.07, 6.45) is 1.76.